The summed E-state index contributed by atoms with van der Waals surface area (Å²) in [5.74, 6) is -1.94. The Bertz CT molecular complexity index is 541. The van der Waals surface area contributed by atoms with Crippen molar-refractivity contribution in [2.75, 3.05) is 11.6 Å². The largest absolute Gasteiger partial charge is 0.508 e. The summed E-state index contributed by atoms with van der Waals surface area (Å²) in [6.07, 6.45) is 0.921. The summed E-state index contributed by atoms with van der Waals surface area (Å²) in [6.45, 7) is 1.21. The number of nitrogens with one attached hydrogen (secondary N) is 1. The Morgan fingerprint density at radius 3 is 2.53 bits per heavy atom. The number of benzene rings is 1. The van der Waals surface area contributed by atoms with Gasteiger partial charge < -0.3 is 10.4 Å². The second-order valence-electron chi connectivity index (χ2n) is 3.63. The van der Waals surface area contributed by atoms with Crippen LogP contribution in [-0.4, -0.2) is 30.9 Å². The van der Waals surface area contributed by atoms with Gasteiger partial charge in [0.1, 0.15) is 16.8 Å². The molecule has 0 saturated carbocycles. The monoisotopic (exact) mass is 261 g/mol. The van der Waals surface area contributed by atoms with Crippen LogP contribution in [-0.2, 0) is 14.6 Å². The van der Waals surface area contributed by atoms with Crippen molar-refractivity contribution in [1.82, 2.24) is 0 Å². The number of amides is 1. The lowest BCUT2D eigenvalue weighted by atomic mass is 10.3. The van der Waals surface area contributed by atoms with Gasteiger partial charge in [0.25, 0.3) is 0 Å². The van der Waals surface area contributed by atoms with Crippen LogP contribution in [0.1, 0.15) is 6.92 Å². The van der Waals surface area contributed by atoms with Gasteiger partial charge in [-0.3, -0.25) is 4.79 Å². The highest BCUT2D eigenvalue weighted by atomic mass is 32.2. The van der Waals surface area contributed by atoms with Gasteiger partial charge in [0.2, 0.25) is 5.91 Å². The summed E-state index contributed by atoms with van der Waals surface area (Å²) >= 11 is 0. The maximum Gasteiger partial charge on any atom is 0.242 e. The van der Waals surface area contributed by atoms with E-state index in [1.807, 2.05) is 0 Å². The van der Waals surface area contributed by atoms with Crippen LogP contribution >= 0.6 is 0 Å². The third-order valence-electron chi connectivity index (χ3n) is 2.22. The Hall–Kier alpha value is -1.63. The molecule has 0 spiro atoms. The molecule has 0 saturated heterocycles. The molecule has 0 fully saturated rings. The van der Waals surface area contributed by atoms with Gasteiger partial charge in [-0.25, -0.2) is 12.8 Å². The molecule has 0 aromatic heterocycles. The second kappa shape index (κ2) is 4.70. The molecule has 1 atom stereocenters. The highest BCUT2D eigenvalue weighted by molar-refractivity contribution is 7.92. The Morgan fingerprint density at radius 2 is 2.06 bits per heavy atom. The van der Waals surface area contributed by atoms with Crippen LogP contribution < -0.4 is 5.32 Å². The van der Waals surface area contributed by atoms with Crippen LogP contribution in [0.2, 0.25) is 0 Å². The van der Waals surface area contributed by atoms with Crippen LogP contribution in [0.5, 0.6) is 5.75 Å². The highest BCUT2D eigenvalue weighted by Crippen LogP contribution is 2.19. The van der Waals surface area contributed by atoms with Crippen molar-refractivity contribution < 1.29 is 22.7 Å². The Balaban J connectivity index is 2.89. The topological polar surface area (TPSA) is 83.5 Å². The van der Waals surface area contributed by atoms with E-state index in [1.165, 1.54) is 13.0 Å². The molecule has 0 bridgehead atoms. The fraction of sp³-hybridized carbons (Fsp3) is 0.300. The molecular formula is C10H12FNO4S. The second-order valence-corrected chi connectivity index (χ2v) is 5.99. The molecule has 1 aromatic rings. The quantitative estimate of drug-likeness (QED) is 0.792. The minimum Gasteiger partial charge on any atom is -0.508 e. The van der Waals surface area contributed by atoms with E-state index in [2.05, 4.69) is 5.32 Å². The normalized spacial score (nSPS) is 13.1. The molecule has 1 aromatic carbocycles. The summed E-state index contributed by atoms with van der Waals surface area (Å²) in [6, 6.07) is 3.15. The average molecular weight is 261 g/mol. The Morgan fingerprint density at radius 1 is 1.47 bits per heavy atom. The molecule has 94 valence electrons. The zero-order valence-corrected chi connectivity index (χ0v) is 10.1. The molecule has 1 unspecified atom stereocenters. The number of carbonyl (C=O) groups is 1. The third-order valence-corrected chi connectivity index (χ3v) is 3.72. The first-order valence-electron chi connectivity index (χ1n) is 4.70. The third kappa shape index (κ3) is 3.42. The lowest BCUT2D eigenvalue weighted by Gasteiger charge is -2.11. The first-order chi connectivity index (χ1) is 7.71. The van der Waals surface area contributed by atoms with Crippen molar-refractivity contribution in [2.24, 2.45) is 0 Å². The molecule has 0 heterocycles. The maximum atomic E-state index is 13.2. The maximum absolute atomic E-state index is 13.2. The van der Waals surface area contributed by atoms with E-state index in [9.17, 15) is 17.6 Å². The van der Waals surface area contributed by atoms with Crippen LogP contribution in [0, 0.1) is 5.82 Å². The van der Waals surface area contributed by atoms with Crippen molar-refractivity contribution in [1.29, 1.82) is 0 Å². The number of phenolic OH excluding ortho intramolecular Hbond substituents is 1. The van der Waals surface area contributed by atoms with E-state index >= 15 is 0 Å². The lowest BCUT2D eigenvalue weighted by Crippen LogP contribution is -2.32. The van der Waals surface area contributed by atoms with Crippen LogP contribution in [0.4, 0.5) is 10.1 Å². The van der Waals surface area contributed by atoms with Gasteiger partial charge in [-0.15, -0.1) is 0 Å². The molecule has 0 aliphatic carbocycles. The summed E-state index contributed by atoms with van der Waals surface area (Å²) in [4.78, 5) is 11.5. The van der Waals surface area contributed by atoms with Crippen molar-refractivity contribution >= 4 is 21.4 Å². The number of anilines is 1. The molecule has 1 rings (SSSR count). The van der Waals surface area contributed by atoms with E-state index in [1.54, 1.807) is 0 Å². The molecular weight excluding hydrogens is 249 g/mol. The van der Waals surface area contributed by atoms with Crippen molar-refractivity contribution in [3.8, 4) is 5.75 Å². The van der Waals surface area contributed by atoms with Crippen LogP contribution in [0.3, 0.4) is 0 Å². The number of carbonyl (C=O) groups excluding carboxylic acids is 1. The summed E-state index contributed by atoms with van der Waals surface area (Å²) in [5.41, 5.74) is -0.177. The lowest BCUT2D eigenvalue weighted by molar-refractivity contribution is -0.115. The standard InChI is InChI=1S/C10H12FNO4S/c1-6(17(2,15)16)10(14)12-9-4-3-7(13)5-8(9)11/h3-6,13H,1-2H3,(H,12,14). The zero-order chi connectivity index (χ0) is 13.2. The van der Waals surface area contributed by atoms with Gasteiger partial charge in [0.05, 0.1) is 5.69 Å². The number of phenols is 1. The van der Waals surface area contributed by atoms with Gasteiger partial charge in [-0.05, 0) is 19.1 Å². The molecule has 17 heavy (non-hydrogen) atoms. The molecule has 7 heteroatoms. The highest BCUT2D eigenvalue weighted by Gasteiger charge is 2.24. The molecule has 5 nitrogen and oxygen atoms in total. The predicted octanol–water partition coefficient (Wildman–Crippen LogP) is 0.903. The SMILES string of the molecule is CC(C(=O)Nc1ccc(O)cc1F)S(C)(=O)=O. The summed E-state index contributed by atoms with van der Waals surface area (Å²) in [7, 11) is -3.53. The van der Waals surface area contributed by atoms with E-state index < -0.39 is 26.8 Å². The van der Waals surface area contributed by atoms with Crippen molar-refractivity contribution in [3.05, 3.63) is 24.0 Å². The molecule has 0 aliphatic rings. The number of aromatic hydroxyl groups is 1. The Labute approximate surface area is 98.2 Å². The smallest absolute Gasteiger partial charge is 0.242 e. The average Bonchev–Trinajstić information content (AvgIpc) is 2.19. The first-order valence-corrected chi connectivity index (χ1v) is 6.65. The van der Waals surface area contributed by atoms with E-state index in [0.717, 1.165) is 18.4 Å². The molecule has 0 radical (unpaired) electrons. The molecule has 2 N–H and O–H groups in total. The van der Waals surface area contributed by atoms with E-state index in [-0.39, 0.29) is 11.4 Å². The number of rotatable bonds is 3. The van der Waals surface area contributed by atoms with Crippen LogP contribution in [0.15, 0.2) is 18.2 Å². The van der Waals surface area contributed by atoms with Crippen LogP contribution in [0.25, 0.3) is 0 Å². The minimum absolute atomic E-state index is 0.177. The van der Waals surface area contributed by atoms with Crippen molar-refractivity contribution in [2.45, 2.75) is 12.2 Å². The fourth-order valence-corrected chi connectivity index (χ4v) is 1.48. The molecule has 1 amide bonds. The van der Waals surface area contributed by atoms with E-state index in [0.29, 0.717) is 0 Å². The predicted molar refractivity (Wildman–Crippen MR) is 61.0 cm³/mol. The fourth-order valence-electron chi connectivity index (χ4n) is 1.03. The number of halogens is 1. The number of hydrogen-bond acceptors (Lipinski definition) is 4. The molecule has 0 aliphatic heterocycles. The number of sulfone groups is 1. The summed E-state index contributed by atoms with van der Waals surface area (Å²) < 4.78 is 35.5. The first kappa shape index (κ1) is 13.4. The zero-order valence-electron chi connectivity index (χ0n) is 9.27. The summed E-state index contributed by atoms with van der Waals surface area (Å²) in [5, 5.41) is 9.83. The minimum atomic E-state index is -3.53. The van der Waals surface area contributed by atoms with Gasteiger partial charge in [0, 0.05) is 12.3 Å². The Kier molecular flexibility index (Phi) is 3.72. The van der Waals surface area contributed by atoms with Gasteiger partial charge in [0.15, 0.2) is 9.84 Å². The van der Waals surface area contributed by atoms with Gasteiger partial charge in [-0.1, -0.05) is 0 Å². The van der Waals surface area contributed by atoms with Crippen molar-refractivity contribution in [3.63, 3.8) is 0 Å². The van der Waals surface area contributed by atoms with E-state index in [4.69, 9.17) is 5.11 Å². The van der Waals surface area contributed by atoms with Gasteiger partial charge >= 0.3 is 0 Å². The number of hydrogen-bond donors (Lipinski definition) is 2. The van der Waals surface area contributed by atoms with Gasteiger partial charge in [-0.2, -0.15) is 0 Å².